The Morgan fingerprint density at radius 2 is 1.91 bits per heavy atom. The lowest BCUT2D eigenvalue weighted by Gasteiger charge is -2.12. The van der Waals surface area contributed by atoms with Gasteiger partial charge in [-0.1, -0.05) is 57.9 Å². The minimum atomic E-state index is -0.235. The van der Waals surface area contributed by atoms with Crippen LogP contribution in [-0.4, -0.2) is 16.0 Å². The van der Waals surface area contributed by atoms with Crippen molar-refractivity contribution in [1.29, 1.82) is 0 Å². The largest absolute Gasteiger partial charge is 0.293 e. The smallest absolute Gasteiger partial charge is 0.268 e. The zero-order valence-electron chi connectivity index (χ0n) is 12.5. The van der Waals surface area contributed by atoms with Gasteiger partial charge >= 0.3 is 0 Å². The van der Waals surface area contributed by atoms with Crippen molar-refractivity contribution in [1.82, 2.24) is 4.90 Å². The summed E-state index contributed by atoms with van der Waals surface area (Å²) >= 11 is 4.39. The quantitative estimate of drug-likeness (QED) is 0.695. The first-order chi connectivity index (χ1) is 11.0. The Balaban J connectivity index is 1.82. The van der Waals surface area contributed by atoms with Crippen molar-refractivity contribution in [2.24, 2.45) is 0 Å². The fourth-order valence-corrected chi connectivity index (χ4v) is 3.63. The lowest BCUT2D eigenvalue weighted by Crippen LogP contribution is -2.27. The van der Waals surface area contributed by atoms with Gasteiger partial charge in [-0.15, -0.1) is 0 Å². The topological polar surface area (TPSA) is 37.4 Å². The first-order valence-corrected chi connectivity index (χ1v) is 8.70. The first-order valence-electron chi connectivity index (χ1n) is 7.09. The average molecular weight is 388 g/mol. The first kappa shape index (κ1) is 16.0. The van der Waals surface area contributed by atoms with E-state index in [9.17, 15) is 9.59 Å². The molecule has 0 atom stereocenters. The third-order valence-electron chi connectivity index (χ3n) is 3.44. The summed E-state index contributed by atoms with van der Waals surface area (Å²) in [5, 5.41) is -0.224. The molecular weight excluding hydrogens is 374 g/mol. The second-order valence-corrected chi connectivity index (χ2v) is 7.22. The molecule has 0 aromatic heterocycles. The maximum absolute atomic E-state index is 12.5. The van der Waals surface area contributed by atoms with Crippen LogP contribution in [-0.2, 0) is 11.3 Å². The van der Waals surface area contributed by atoms with E-state index in [0.29, 0.717) is 11.4 Å². The van der Waals surface area contributed by atoms with Crippen molar-refractivity contribution >= 4 is 44.9 Å². The van der Waals surface area contributed by atoms with E-state index in [1.165, 1.54) is 4.90 Å². The Bertz CT molecular complexity index is 816. The van der Waals surface area contributed by atoms with E-state index in [2.05, 4.69) is 15.9 Å². The highest BCUT2D eigenvalue weighted by atomic mass is 79.9. The van der Waals surface area contributed by atoms with Gasteiger partial charge in [0.1, 0.15) is 0 Å². The second-order valence-electron chi connectivity index (χ2n) is 5.31. The number of carbonyl (C=O) groups is 2. The molecule has 1 heterocycles. The number of rotatable bonds is 3. The number of hydrogen-bond donors (Lipinski definition) is 0. The minimum Gasteiger partial charge on any atom is -0.268 e. The lowest BCUT2D eigenvalue weighted by atomic mass is 10.1. The Kier molecular flexibility index (Phi) is 4.68. The Labute approximate surface area is 147 Å². The van der Waals surface area contributed by atoms with Crippen LogP contribution >= 0.6 is 27.7 Å². The lowest BCUT2D eigenvalue weighted by molar-refractivity contribution is -0.123. The minimum absolute atomic E-state index is 0.224. The number of halogens is 1. The predicted molar refractivity (Wildman–Crippen MR) is 96.8 cm³/mol. The fourth-order valence-electron chi connectivity index (χ4n) is 2.38. The summed E-state index contributed by atoms with van der Waals surface area (Å²) in [6, 6.07) is 15.5. The summed E-state index contributed by atoms with van der Waals surface area (Å²) in [4.78, 5) is 26.4. The second kappa shape index (κ2) is 6.72. The number of aryl methyl sites for hydroxylation is 1. The van der Waals surface area contributed by atoms with E-state index in [0.717, 1.165) is 32.9 Å². The number of benzene rings is 2. The molecule has 0 radical (unpaired) electrons. The van der Waals surface area contributed by atoms with Gasteiger partial charge in [-0.05, 0) is 48.0 Å². The molecule has 1 fully saturated rings. The third kappa shape index (κ3) is 3.74. The molecule has 2 aromatic carbocycles. The zero-order chi connectivity index (χ0) is 16.4. The van der Waals surface area contributed by atoms with E-state index in [-0.39, 0.29) is 11.1 Å². The molecule has 1 aliphatic rings. The van der Waals surface area contributed by atoms with Crippen LogP contribution < -0.4 is 0 Å². The highest BCUT2D eigenvalue weighted by Gasteiger charge is 2.34. The molecule has 5 heteroatoms. The molecule has 2 aromatic rings. The number of carbonyl (C=O) groups excluding carboxylic acids is 2. The summed E-state index contributed by atoms with van der Waals surface area (Å²) in [5.74, 6) is -0.235. The monoisotopic (exact) mass is 387 g/mol. The predicted octanol–water partition coefficient (Wildman–Crippen LogP) is 4.99. The van der Waals surface area contributed by atoms with Gasteiger partial charge in [0.2, 0.25) is 0 Å². The normalized spacial score (nSPS) is 16.4. The summed E-state index contributed by atoms with van der Waals surface area (Å²) < 4.78 is 0.935. The number of amides is 2. The maximum Gasteiger partial charge on any atom is 0.293 e. The van der Waals surface area contributed by atoms with Gasteiger partial charge in [0.05, 0.1) is 11.4 Å². The molecule has 1 aliphatic heterocycles. The summed E-state index contributed by atoms with van der Waals surface area (Å²) in [5.41, 5.74) is 2.95. The third-order valence-corrected chi connectivity index (χ3v) is 4.84. The van der Waals surface area contributed by atoms with Gasteiger partial charge in [0, 0.05) is 4.47 Å². The molecule has 0 N–H and O–H groups in total. The van der Waals surface area contributed by atoms with Crippen LogP contribution in [0.15, 0.2) is 57.9 Å². The molecule has 0 saturated carbocycles. The van der Waals surface area contributed by atoms with E-state index < -0.39 is 0 Å². The molecule has 1 saturated heterocycles. The van der Waals surface area contributed by atoms with Crippen LogP contribution in [0.25, 0.3) is 6.08 Å². The summed E-state index contributed by atoms with van der Waals surface area (Å²) in [6.45, 7) is 2.30. The van der Waals surface area contributed by atoms with Crippen LogP contribution in [0, 0.1) is 6.92 Å². The molecule has 3 nitrogen and oxygen atoms in total. The van der Waals surface area contributed by atoms with Gasteiger partial charge < -0.3 is 0 Å². The molecule has 0 spiro atoms. The van der Waals surface area contributed by atoms with Crippen molar-refractivity contribution in [2.75, 3.05) is 0 Å². The molecule has 116 valence electrons. The van der Waals surface area contributed by atoms with Gasteiger partial charge in [0.15, 0.2) is 0 Å². The summed E-state index contributed by atoms with van der Waals surface area (Å²) in [6.07, 6.45) is 1.76. The van der Waals surface area contributed by atoms with Gasteiger partial charge in [-0.25, -0.2) is 0 Å². The molecule has 0 aliphatic carbocycles. The van der Waals surface area contributed by atoms with Crippen molar-refractivity contribution in [3.63, 3.8) is 0 Å². The average Bonchev–Trinajstić information content (AvgIpc) is 2.75. The number of thioether (sulfide) groups is 1. The van der Waals surface area contributed by atoms with Gasteiger partial charge in [-0.2, -0.15) is 0 Å². The Morgan fingerprint density at radius 3 is 2.65 bits per heavy atom. The Morgan fingerprint density at radius 1 is 1.13 bits per heavy atom. The molecule has 0 bridgehead atoms. The van der Waals surface area contributed by atoms with E-state index in [1.54, 1.807) is 6.08 Å². The van der Waals surface area contributed by atoms with Crippen LogP contribution in [0.2, 0.25) is 0 Å². The zero-order valence-corrected chi connectivity index (χ0v) is 14.9. The van der Waals surface area contributed by atoms with E-state index >= 15 is 0 Å². The van der Waals surface area contributed by atoms with Crippen molar-refractivity contribution in [3.05, 3.63) is 74.6 Å². The van der Waals surface area contributed by atoms with E-state index in [4.69, 9.17) is 0 Å². The standard InChI is InChI=1S/C18H14BrNO2S/c1-12-4-2-6-14(8-12)11-20-17(21)16(23-18(20)22)10-13-5-3-7-15(19)9-13/h2-10H,11H2,1H3/b16-10-. The molecule has 0 unspecified atom stereocenters. The van der Waals surface area contributed by atoms with Gasteiger partial charge in [-0.3, -0.25) is 14.5 Å². The van der Waals surface area contributed by atoms with E-state index in [1.807, 2.05) is 55.5 Å². The maximum atomic E-state index is 12.5. The Hall–Kier alpha value is -1.85. The number of hydrogen-bond acceptors (Lipinski definition) is 3. The van der Waals surface area contributed by atoms with Crippen LogP contribution in [0.3, 0.4) is 0 Å². The van der Waals surface area contributed by atoms with Crippen LogP contribution in [0.5, 0.6) is 0 Å². The van der Waals surface area contributed by atoms with Crippen molar-refractivity contribution in [2.45, 2.75) is 13.5 Å². The molecule has 23 heavy (non-hydrogen) atoms. The molecule has 3 rings (SSSR count). The molecule has 2 amide bonds. The highest BCUT2D eigenvalue weighted by molar-refractivity contribution is 9.10. The molecular formula is C18H14BrNO2S. The van der Waals surface area contributed by atoms with Crippen LogP contribution in [0.1, 0.15) is 16.7 Å². The van der Waals surface area contributed by atoms with Crippen molar-refractivity contribution < 1.29 is 9.59 Å². The van der Waals surface area contributed by atoms with Crippen LogP contribution in [0.4, 0.5) is 4.79 Å². The number of imide groups is 1. The number of nitrogens with zero attached hydrogens (tertiary/aromatic N) is 1. The highest BCUT2D eigenvalue weighted by Crippen LogP contribution is 2.33. The fraction of sp³-hybridized carbons (Fsp3) is 0.111. The summed E-state index contributed by atoms with van der Waals surface area (Å²) in [7, 11) is 0. The van der Waals surface area contributed by atoms with Gasteiger partial charge in [0.25, 0.3) is 11.1 Å². The SMILES string of the molecule is Cc1cccc(CN2C(=O)S/C(=C\c3cccc(Br)c3)C2=O)c1. The van der Waals surface area contributed by atoms with Crippen molar-refractivity contribution in [3.8, 4) is 0 Å².